The van der Waals surface area contributed by atoms with Crippen LogP contribution < -0.4 is 11.1 Å². The van der Waals surface area contributed by atoms with Gasteiger partial charge in [-0.1, -0.05) is 12.2 Å². The van der Waals surface area contributed by atoms with E-state index in [4.69, 9.17) is 18.0 Å². The van der Waals surface area contributed by atoms with Gasteiger partial charge in [-0.05, 0) is 53.2 Å². The van der Waals surface area contributed by atoms with E-state index in [0.29, 0.717) is 21.5 Å². The van der Waals surface area contributed by atoms with Gasteiger partial charge in [0.25, 0.3) is 0 Å². The maximum atomic E-state index is 13.0. The van der Waals surface area contributed by atoms with Crippen LogP contribution in [0.4, 0.5) is 15.9 Å². The molecule has 0 aliphatic heterocycles. The Morgan fingerprint density at radius 1 is 1.37 bits per heavy atom. The third kappa shape index (κ3) is 3.27. The maximum Gasteiger partial charge on any atom is 0.140 e. The molecule has 2 rings (SSSR count). The lowest BCUT2D eigenvalue weighted by Crippen LogP contribution is -2.13. The Hall–Kier alpha value is -1.53. The third-order valence-electron chi connectivity index (χ3n) is 2.48. The molecule has 1 aromatic heterocycles. The van der Waals surface area contributed by atoms with E-state index in [1.807, 2.05) is 19.1 Å². The number of halogens is 2. The summed E-state index contributed by atoms with van der Waals surface area (Å²) in [6.45, 7) is 1.87. The molecule has 19 heavy (non-hydrogen) atoms. The zero-order valence-electron chi connectivity index (χ0n) is 10.1. The Kier molecular flexibility index (Phi) is 4.11. The van der Waals surface area contributed by atoms with Crippen LogP contribution >= 0.6 is 28.1 Å². The number of nitrogens with two attached hydrogens (primary N) is 1. The molecule has 2 aromatic rings. The molecular weight excluding hydrogens is 329 g/mol. The highest BCUT2D eigenvalue weighted by Crippen LogP contribution is 2.27. The third-order valence-corrected chi connectivity index (χ3v) is 3.36. The first kappa shape index (κ1) is 13.9. The van der Waals surface area contributed by atoms with Crippen molar-refractivity contribution < 1.29 is 4.39 Å². The molecule has 0 saturated heterocycles. The minimum Gasteiger partial charge on any atom is -0.389 e. The molecule has 0 aliphatic carbocycles. The summed E-state index contributed by atoms with van der Waals surface area (Å²) in [5.74, 6) is 0.240. The number of thiocarbonyl (C=S) groups is 1. The number of anilines is 2. The second-order valence-corrected chi connectivity index (χ2v) is 5.26. The Balaban J connectivity index is 2.42. The molecule has 3 N–H and O–H groups in total. The van der Waals surface area contributed by atoms with Crippen molar-refractivity contribution in [2.45, 2.75) is 6.92 Å². The van der Waals surface area contributed by atoms with Crippen molar-refractivity contribution in [3.8, 4) is 0 Å². The lowest BCUT2D eigenvalue weighted by molar-refractivity contribution is 0.627. The van der Waals surface area contributed by atoms with Crippen molar-refractivity contribution in [2.24, 2.45) is 5.73 Å². The van der Waals surface area contributed by atoms with Crippen molar-refractivity contribution in [2.75, 3.05) is 5.32 Å². The fraction of sp³-hybridized carbons (Fsp3) is 0.0769. The summed E-state index contributed by atoms with van der Waals surface area (Å²) >= 11 is 8.28. The van der Waals surface area contributed by atoms with Crippen LogP contribution in [-0.4, -0.2) is 9.97 Å². The van der Waals surface area contributed by atoms with Crippen molar-refractivity contribution in [1.29, 1.82) is 0 Å². The molecule has 6 heteroatoms. The smallest absolute Gasteiger partial charge is 0.140 e. The number of aryl methyl sites for hydroxylation is 1. The number of nitrogens with one attached hydrogen (secondary N) is 1. The van der Waals surface area contributed by atoms with Gasteiger partial charge in [-0.3, -0.25) is 0 Å². The number of rotatable bonds is 3. The molecule has 1 heterocycles. The number of nitrogens with zero attached hydrogens (tertiary/aromatic N) is 1. The summed E-state index contributed by atoms with van der Waals surface area (Å²) in [7, 11) is 0. The van der Waals surface area contributed by atoms with Crippen molar-refractivity contribution in [1.82, 2.24) is 4.98 Å². The number of pyridine rings is 1. The zero-order valence-corrected chi connectivity index (χ0v) is 12.5. The van der Waals surface area contributed by atoms with E-state index in [1.54, 1.807) is 6.07 Å². The Bertz CT molecular complexity index is 646. The molecule has 0 atom stereocenters. The summed E-state index contributed by atoms with van der Waals surface area (Å²) < 4.78 is 13.6. The van der Waals surface area contributed by atoms with E-state index < -0.39 is 0 Å². The van der Waals surface area contributed by atoms with Crippen molar-refractivity contribution >= 4 is 44.6 Å². The number of benzene rings is 1. The first-order valence-electron chi connectivity index (χ1n) is 5.47. The Morgan fingerprint density at radius 2 is 2.11 bits per heavy atom. The lowest BCUT2D eigenvalue weighted by Gasteiger charge is -2.12. The van der Waals surface area contributed by atoms with E-state index in [2.05, 4.69) is 26.2 Å². The molecular formula is C13H11BrFN3S. The largest absolute Gasteiger partial charge is 0.389 e. The van der Waals surface area contributed by atoms with Gasteiger partial charge < -0.3 is 11.1 Å². The second kappa shape index (κ2) is 5.63. The van der Waals surface area contributed by atoms with Crippen LogP contribution in [0.1, 0.15) is 11.3 Å². The number of aromatic nitrogens is 1. The topological polar surface area (TPSA) is 50.9 Å². The van der Waals surface area contributed by atoms with E-state index in [9.17, 15) is 4.39 Å². The highest BCUT2D eigenvalue weighted by Gasteiger charge is 2.09. The monoisotopic (exact) mass is 339 g/mol. The zero-order chi connectivity index (χ0) is 14.0. The Labute approximate surface area is 124 Å². The van der Waals surface area contributed by atoms with Crippen LogP contribution in [0.25, 0.3) is 0 Å². The Morgan fingerprint density at radius 3 is 2.74 bits per heavy atom. The fourth-order valence-corrected chi connectivity index (χ4v) is 2.18. The minimum atomic E-state index is -0.316. The normalized spacial score (nSPS) is 10.3. The first-order valence-corrected chi connectivity index (χ1v) is 6.67. The molecule has 0 spiro atoms. The highest BCUT2D eigenvalue weighted by molar-refractivity contribution is 9.10. The number of hydrogen-bond acceptors (Lipinski definition) is 3. The van der Waals surface area contributed by atoms with Gasteiger partial charge in [0.2, 0.25) is 0 Å². The van der Waals surface area contributed by atoms with Crippen molar-refractivity contribution in [3.63, 3.8) is 0 Å². The first-order chi connectivity index (χ1) is 8.97. The average Bonchev–Trinajstić information content (AvgIpc) is 2.32. The van der Waals surface area contributed by atoms with Gasteiger partial charge in [0.1, 0.15) is 16.6 Å². The van der Waals surface area contributed by atoms with Crippen LogP contribution in [0, 0.1) is 12.7 Å². The van der Waals surface area contributed by atoms with E-state index >= 15 is 0 Å². The van der Waals surface area contributed by atoms with Crippen molar-refractivity contribution in [3.05, 3.63) is 51.9 Å². The SMILES string of the molecule is Cc1ccc(C(N)=S)c(Nc2ccc(F)cc2Br)n1. The van der Waals surface area contributed by atoms with Crippen LogP contribution in [-0.2, 0) is 0 Å². The van der Waals surface area contributed by atoms with E-state index in [0.717, 1.165) is 5.69 Å². The van der Waals surface area contributed by atoms with E-state index in [1.165, 1.54) is 12.1 Å². The van der Waals surface area contributed by atoms with Crippen LogP contribution in [0.3, 0.4) is 0 Å². The molecule has 0 aliphatic rings. The van der Waals surface area contributed by atoms with Gasteiger partial charge in [0.05, 0.1) is 11.3 Å². The van der Waals surface area contributed by atoms with Gasteiger partial charge in [-0.25, -0.2) is 9.37 Å². The van der Waals surface area contributed by atoms with Gasteiger partial charge in [-0.15, -0.1) is 0 Å². The molecule has 1 aromatic carbocycles. The van der Waals surface area contributed by atoms with Gasteiger partial charge in [0, 0.05) is 10.2 Å². The summed E-state index contributed by atoms with van der Waals surface area (Å²) in [6.07, 6.45) is 0. The molecule has 0 fully saturated rings. The van der Waals surface area contributed by atoms with Gasteiger partial charge in [0.15, 0.2) is 0 Å². The van der Waals surface area contributed by atoms with Gasteiger partial charge >= 0.3 is 0 Å². The summed E-state index contributed by atoms with van der Waals surface area (Å²) in [6, 6.07) is 8.00. The van der Waals surface area contributed by atoms with Crippen LogP contribution in [0.2, 0.25) is 0 Å². The van der Waals surface area contributed by atoms with Gasteiger partial charge in [-0.2, -0.15) is 0 Å². The number of hydrogen-bond donors (Lipinski definition) is 2. The van der Waals surface area contributed by atoms with E-state index in [-0.39, 0.29) is 10.8 Å². The second-order valence-electron chi connectivity index (χ2n) is 3.96. The lowest BCUT2D eigenvalue weighted by atomic mass is 10.2. The molecule has 0 radical (unpaired) electrons. The summed E-state index contributed by atoms with van der Waals surface area (Å²) in [5, 5.41) is 3.10. The quantitative estimate of drug-likeness (QED) is 0.837. The molecule has 0 amide bonds. The summed E-state index contributed by atoms with van der Waals surface area (Å²) in [4.78, 5) is 4.62. The molecule has 0 saturated carbocycles. The molecule has 3 nitrogen and oxygen atoms in total. The maximum absolute atomic E-state index is 13.0. The predicted molar refractivity (Wildman–Crippen MR) is 82.2 cm³/mol. The summed E-state index contributed by atoms with van der Waals surface area (Å²) in [5.41, 5.74) is 7.84. The predicted octanol–water partition coefficient (Wildman–Crippen LogP) is 3.67. The molecule has 0 bridgehead atoms. The minimum absolute atomic E-state index is 0.258. The molecule has 98 valence electrons. The fourth-order valence-electron chi connectivity index (χ4n) is 1.57. The van der Waals surface area contributed by atoms with Crippen LogP contribution in [0.15, 0.2) is 34.8 Å². The standard InChI is InChI=1S/C13H11BrFN3S/c1-7-2-4-9(12(16)19)13(17-7)18-11-5-3-8(15)6-10(11)14/h2-6H,1H3,(H2,16,19)(H,17,18). The molecule has 0 unspecified atom stereocenters. The average molecular weight is 340 g/mol. The van der Waals surface area contributed by atoms with Crippen LogP contribution in [0.5, 0.6) is 0 Å². The highest BCUT2D eigenvalue weighted by atomic mass is 79.9.